The van der Waals surface area contributed by atoms with Crippen LogP contribution in [0, 0.1) is 0 Å². The number of quaternary nitrogens is 1. The molecule has 0 radical (unpaired) electrons. The highest BCUT2D eigenvalue weighted by Crippen LogP contribution is 2.20. The highest BCUT2D eigenvalue weighted by atomic mass is 32.2. The summed E-state index contributed by atoms with van der Waals surface area (Å²) in [6, 6.07) is 5.91. The number of aliphatic carboxylic acids is 1. The number of ether oxygens (including phenoxy) is 2. The molecule has 0 bridgehead atoms. The summed E-state index contributed by atoms with van der Waals surface area (Å²) in [4.78, 5) is 23.8. The second-order valence-electron chi connectivity index (χ2n) is 10.3. The first-order valence-corrected chi connectivity index (χ1v) is 14.8. The normalized spacial score (nSPS) is 12.6. The molecule has 0 heterocycles. The van der Waals surface area contributed by atoms with Gasteiger partial charge in [0, 0.05) is 25.0 Å². The van der Waals surface area contributed by atoms with Crippen LogP contribution in [0.25, 0.3) is 0 Å². The van der Waals surface area contributed by atoms with E-state index in [1.807, 2.05) is 45.4 Å². The second kappa shape index (κ2) is 16.3. The molecule has 11 heteroatoms. The Hall–Kier alpha value is -2.53. The van der Waals surface area contributed by atoms with E-state index in [0.717, 1.165) is 29.2 Å². The molecule has 0 aliphatic rings. The van der Waals surface area contributed by atoms with Crippen molar-refractivity contribution in [2.45, 2.75) is 64.3 Å². The van der Waals surface area contributed by atoms with Crippen LogP contribution in [0.3, 0.4) is 0 Å². The van der Waals surface area contributed by atoms with E-state index < -0.39 is 34.5 Å². The Morgan fingerprint density at radius 1 is 1.00 bits per heavy atom. The third-order valence-corrected chi connectivity index (χ3v) is 6.63. The predicted molar refractivity (Wildman–Crippen MR) is 142 cm³/mol. The molecular weight excluding hydrogens is 498 g/mol. The zero-order valence-electron chi connectivity index (χ0n) is 23.0. The van der Waals surface area contributed by atoms with Gasteiger partial charge in [0.25, 0.3) is 0 Å². The fourth-order valence-electron chi connectivity index (χ4n) is 3.79. The molecule has 0 spiro atoms. The van der Waals surface area contributed by atoms with Gasteiger partial charge in [0.2, 0.25) is 10.0 Å². The number of sulfonamides is 1. The monoisotopic (exact) mass is 543 g/mol. The number of amides is 2. The minimum atomic E-state index is -3.83. The number of hydrogen-bond acceptors (Lipinski definition) is 7. The van der Waals surface area contributed by atoms with Crippen molar-refractivity contribution in [2.75, 3.05) is 53.7 Å². The fraction of sp³-hybridized carbons (Fsp3) is 0.692. The molecule has 0 saturated heterocycles. The number of benzene rings is 1. The molecule has 0 unspecified atom stereocenters. The Bertz CT molecular complexity index is 932. The number of hydrogen-bond donors (Lipinski definition) is 1. The van der Waals surface area contributed by atoms with Crippen LogP contribution < -0.4 is 19.9 Å². The van der Waals surface area contributed by atoms with E-state index in [9.17, 15) is 23.1 Å². The van der Waals surface area contributed by atoms with Gasteiger partial charge in [-0.15, -0.1) is 0 Å². The molecule has 2 amide bonds. The summed E-state index contributed by atoms with van der Waals surface area (Å²) in [7, 11) is 1.72. The molecule has 1 rings (SSSR count). The summed E-state index contributed by atoms with van der Waals surface area (Å²) in [6.07, 6.45) is 6.90. The third-order valence-electron chi connectivity index (χ3n) is 5.48. The number of unbranched alkanes of at least 4 members (excludes halogenated alkanes) is 5. The summed E-state index contributed by atoms with van der Waals surface area (Å²) < 4.78 is 37.2. The van der Waals surface area contributed by atoms with Crippen LogP contribution in [0.5, 0.6) is 11.5 Å². The van der Waals surface area contributed by atoms with E-state index in [1.165, 1.54) is 12.8 Å². The second-order valence-corrected chi connectivity index (χ2v) is 12.2. The van der Waals surface area contributed by atoms with Crippen molar-refractivity contribution < 1.29 is 37.1 Å². The average molecular weight is 544 g/mol. The first-order valence-electron chi connectivity index (χ1n) is 13.0. The number of carboxylic acid groups (broad SMARTS) is 1. The number of urea groups is 1. The molecule has 0 aliphatic carbocycles. The summed E-state index contributed by atoms with van der Waals surface area (Å²) >= 11 is 0. The van der Waals surface area contributed by atoms with Gasteiger partial charge < -0.3 is 29.2 Å². The molecule has 212 valence electrons. The van der Waals surface area contributed by atoms with Crippen molar-refractivity contribution in [3.8, 4) is 11.5 Å². The standard InChI is InChI=1S/C26H45N3O7S/c1-6-7-8-11-17-35-23-14-13-15-24(20-23)36-18-12-9-10-16-28(37(5,33)34)26(32)27-22(19-25(30)31)21-29(2,3)4/h13-15,20,22H,6-12,16-19,21H2,1-5H3,(H-,27,30,31,32)/t22-/m1/s1. The van der Waals surface area contributed by atoms with Crippen LogP contribution in [0.1, 0.15) is 58.3 Å². The SMILES string of the molecule is CCCCCCOc1cccc(OCCCCCN(C(=O)N[C@H](CC(=O)[O-])C[N+](C)(C)C)S(C)(=O)=O)c1. The van der Waals surface area contributed by atoms with Gasteiger partial charge >= 0.3 is 6.03 Å². The van der Waals surface area contributed by atoms with Crippen molar-refractivity contribution in [2.24, 2.45) is 0 Å². The lowest BCUT2D eigenvalue weighted by molar-refractivity contribution is -0.871. The van der Waals surface area contributed by atoms with Crippen LogP contribution >= 0.6 is 0 Å². The van der Waals surface area contributed by atoms with Crippen LogP contribution in [-0.4, -0.2) is 89.0 Å². The van der Waals surface area contributed by atoms with E-state index >= 15 is 0 Å². The van der Waals surface area contributed by atoms with Gasteiger partial charge in [-0.25, -0.2) is 17.5 Å². The lowest BCUT2D eigenvalue weighted by Gasteiger charge is -2.31. The molecule has 37 heavy (non-hydrogen) atoms. The maximum Gasteiger partial charge on any atom is 0.331 e. The van der Waals surface area contributed by atoms with Crippen molar-refractivity contribution in [1.82, 2.24) is 9.62 Å². The van der Waals surface area contributed by atoms with E-state index in [-0.39, 0.29) is 6.54 Å². The molecule has 1 atom stereocenters. The van der Waals surface area contributed by atoms with Gasteiger partial charge in [-0.1, -0.05) is 32.3 Å². The number of carbonyl (C=O) groups excluding carboxylic acids is 2. The smallest absolute Gasteiger partial charge is 0.331 e. The minimum absolute atomic E-state index is 0.00552. The molecule has 0 aliphatic heterocycles. The zero-order valence-corrected chi connectivity index (χ0v) is 23.8. The van der Waals surface area contributed by atoms with Gasteiger partial charge in [-0.2, -0.15) is 0 Å². The van der Waals surface area contributed by atoms with Crippen molar-refractivity contribution in [1.29, 1.82) is 0 Å². The maximum atomic E-state index is 12.7. The van der Waals surface area contributed by atoms with Gasteiger partial charge in [0.15, 0.2) is 0 Å². The first-order chi connectivity index (χ1) is 17.3. The molecule has 0 fully saturated rings. The number of nitrogens with zero attached hydrogens (tertiary/aromatic N) is 2. The largest absolute Gasteiger partial charge is 0.550 e. The Balaban J connectivity index is 2.49. The first kappa shape index (κ1) is 32.5. The van der Waals surface area contributed by atoms with E-state index in [0.29, 0.717) is 49.3 Å². The lowest BCUT2D eigenvalue weighted by atomic mass is 10.2. The minimum Gasteiger partial charge on any atom is -0.550 e. The van der Waals surface area contributed by atoms with Crippen molar-refractivity contribution in [3.63, 3.8) is 0 Å². The highest BCUT2D eigenvalue weighted by Gasteiger charge is 2.27. The Kier molecular flexibility index (Phi) is 14.4. The van der Waals surface area contributed by atoms with Gasteiger partial charge in [-0.3, -0.25) is 0 Å². The molecular formula is C26H45N3O7S. The maximum absolute atomic E-state index is 12.7. The van der Waals surface area contributed by atoms with Crippen molar-refractivity contribution >= 4 is 22.0 Å². The molecule has 10 nitrogen and oxygen atoms in total. The number of nitrogens with one attached hydrogen (secondary N) is 1. The third kappa shape index (κ3) is 15.3. The molecule has 1 N–H and O–H groups in total. The summed E-state index contributed by atoms with van der Waals surface area (Å²) in [5.41, 5.74) is 0. The van der Waals surface area contributed by atoms with E-state index in [1.54, 1.807) is 0 Å². The number of carboxylic acids is 1. The van der Waals surface area contributed by atoms with Crippen LogP contribution in [0.4, 0.5) is 4.79 Å². The zero-order chi connectivity index (χ0) is 27.9. The molecule has 1 aromatic carbocycles. The van der Waals surface area contributed by atoms with E-state index in [2.05, 4.69) is 12.2 Å². The Morgan fingerprint density at radius 3 is 2.05 bits per heavy atom. The van der Waals surface area contributed by atoms with Crippen LogP contribution in [0.15, 0.2) is 24.3 Å². The summed E-state index contributed by atoms with van der Waals surface area (Å²) in [5, 5.41) is 13.6. The van der Waals surface area contributed by atoms with Crippen LogP contribution in [0.2, 0.25) is 0 Å². The van der Waals surface area contributed by atoms with Gasteiger partial charge in [0.1, 0.15) is 11.5 Å². The quantitative estimate of drug-likeness (QED) is 0.210. The number of carbonyl (C=O) groups is 2. The Morgan fingerprint density at radius 2 is 1.57 bits per heavy atom. The van der Waals surface area contributed by atoms with Crippen molar-refractivity contribution in [3.05, 3.63) is 24.3 Å². The average Bonchev–Trinajstić information content (AvgIpc) is 2.76. The van der Waals surface area contributed by atoms with Gasteiger partial charge in [0.05, 0.1) is 53.2 Å². The summed E-state index contributed by atoms with van der Waals surface area (Å²) in [5.74, 6) is 0.166. The van der Waals surface area contributed by atoms with Crippen LogP contribution in [-0.2, 0) is 14.8 Å². The molecule has 0 aromatic heterocycles. The molecule has 0 saturated carbocycles. The van der Waals surface area contributed by atoms with Gasteiger partial charge in [-0.05, 0) is 37.8 Å². The molecule has 1 aromatic rings. The number of rotatable bonds is 19. The summed E-state index contributed by atoms with van der Waals surface area (Å²) in [6.45, 7) is 3.60. The van der Waals surface area contributed by atoms with E-state index in [4.69, 9.17) is 9.47 Å². The topological polar surface area (TPSA) is 125 Å². The highest BCUT2D eigenvalue weighted by molar-refractivity contribution is 7.88. The fourth-order valence-corrected chi connectivity index (χ4v) is 4.60. The lowest BCUT2D eigenvalue weighted by Crippen LogP contribution is -2.54. The predicted octanol–water partition coefficient (Wildman–Crippen LogP) is 2.38. The number of likely N-dealkylation sites (N-methyl/N-ethyl adjacent to an activating group) is 1. The Labute approximate surface area is 222 Å².